The summed E-state index contributed by atoms with van der Waals surface area (Å²) >= 11 is 0. The number of amidine groups is 1. The summed E-state index contributed by atoms with van der Waals surface area (Å²) in [6.45, 7) is 4.18. The van der Waals surface area contributed by atoms with Crippen LogP contribution in [0.4, 0.5) is 5.69 Å². The van der Waals surface area contributed by atoms with Crippen LogP contribution in [0.2, 0.25) is 0 Å². The molecule has 0 spiro atoms. The molecule has 2 aromatic rings. The Morgan fingerprint density at radius 1 is 1.12 bits per heavy atom. The molecule has 2 aliphatic heterocycles. The Labute approximate surface area is 198 Å². The fraction of sp³-hybridized carbons (Fsp3) is 0.296. The lowest BCUT2D eigenvalue weighted by molar-refractivity contribution is -0.118. The Kier molecular flexibility index (Phi) is 4.98. The van der Waals surface area contributed by atoms with E-state index in [1.165, 1.54) is 0 Å². The van der Waals surface area contributed by atoms with Gasteiger partial charge in [0.1, 0.15) is 5.84 Å². The van der Waals surface area contributed by atoms with Crippen LogP contribution in [0.5, 0.6) is 11.5 Å². The fourth-order valence-corrected chi connectivity index (χ4v) is 5.34. The minimum atomic E-state index is -0.637. The van der Waals surface area contributed by atoms with Gasteiger partial charge in [-0.3, -0.25) is 9.69 Å². The van der Waals surface area contributed by atoms with Gasteiger partial charge in [-0.05, 0) is 30.0 Å². The smallest absolute Gasteiger partial charge is 0.164 e. The van der Waals surface area contributed by atoms with Gasteiger partial charge in [-0.15, -0.1) is 0 Å². The molecule has 7 nitrogen and oxygen atoms in total. The molecule has 3 aliphatic rings. The first-order chi connectivity index (χ1) is 16.3. The number of allylic oxidation sites excluding steroid dienone is 3. The van der Waals surface area contributed by atoms with E-state index in [1.807, 2.05) is 41.3 Å². The second-order valence-corrected chi connectivity index (χ2v) is 9.52. The van der Waals surface area contributed by atoms with Crippen molar-refractivity contribution in [3.05, 3.63) is 76.3 Å². The van der Waals surface area contributed by atoms with Gasteiger partial charge in [0.05, 0.1) is 37.5 Å². The number of aliphatic imine (C=N–C) groups is 1. The van der Waals surface area contributed by atoms with Crippen LogP contribution >= 0.6 is 0 Å². The molecular formula is C27H26N4O3. The highest BCUT2D eigenvalue weighted by molar-refractivity contribution is 6.08. The number of anilines is 1. The van der Waals surface area contributed by atoms with Crippen molar-refractivity contribution < 1.29 is 14.3 Å². The second kappa shape index (κ2) is 7.77. The third kappa shape index (κ3) is 3.10. The minimum Gasteiger partial charge on any atom is -0.493 e. The number of nitrogens with zero attached hydrogens (tertiary/aromatic N) is 3. The number of methoxy groups -OCH3 is 2. The Hall–Kier alpha value is -4.05. The maximum atomic E-state index is 13.7. The van der Waals surface area contributed by atoms with Crippen molar-refractivity contribution in [3.8, 4) is 17.6 Å². The van der Waals surface area contributed by atoms with E-state index in [0.717, 1.165) is 16.9 Å². The highest BCUT2D eigenvalue weighted by atomic mass is 16.5. The van der Waals surface area contributed by atoms with E-state index in [2.05, 4.69) is 19.9 Å². The van der Waals surface area contributed by atoms with E-state index in [4.69, 9.17) is 20.2 Å². The fourth-order valence-electron chi connectivity index (χ4n) is 5.34. The van der Waals surface area contributed by atoms with E-state index in [1.54, 1.807) is 20.3 Å². The SMILES string of the molecule is COc1cccc(C2C(C#N)=C3N=C(N)c4ccccc4N3C3=C2C(=O)CC(C)(C)C3)c1OC. The monoisotopic (exact) mass is 454 g/mol. The van der Waals surface area contributed by atoms with E-state index in [-0.39, 0.29) is 11.2 Å². The number of carbonyl (C=O) groups is 1. The number of rotatable bonds is 3. The molecule has 0 aromatic heterocycles. The Morgan fingerprint density at radius 3 is 2.59 bits per heavy atom. The Bertz CT molecular complexity index is 1360. The average Bonchev–Trinajstić information content (AvgIpc) is 2.81. The quantitative estimate of drug-likeness (QED) is 0.737. The number of Topliss-reactive ketones (excluding diaryl/α,β-unsaturated/α-hetero) is 1. The van der Waals surface area contributed by atoms with E-state index in [9.17, 15) is 10.1 Å². The number of para-hydroxylation sites is 2. The highest BCUT2D eigenvalue weighted by Gasteiger charge is 2.47. The summed E-state index contributed by atoms with van der Waals surface area (Å²) in [6, 6.07) is 15.6. The van der Waals surface area contributed by atoms with Crippen molar-refractivity contribution in [3.63, 3.8) is 0 Å². The normalized spacial score (nSPS) is 20.7. The topological polar surface area (TPSA) is 101 Å². The van der Waals surface area contributed by atoms with Crippen LogP contribution in [0.25, 0.3) is 0 Å². The molecule has 0 radical (unpaired) electrons. The van der Waals surface area contributed by atoms with Gasteiger partial charge in [-0.1, -0.05) is 38.1 Å². The van der Waals surface area contributed by atoms with Gasteiger partial charge in [0.2, 0.25) is 0 Å². The third-order valence-corrected chi connectivity index (χ3v) is 6.71. The van der Waals surface area contributed by atoms with Crippen molar-refractivity contribution in [2.45, 2.75) is 32.6 Å². The average molecular weight is 455 g/mol. The van der Waals surface area contributed by atoms with E-state index >= 15 is 0 Å². The van der Waals surface area contributed by atoms with Gasteiger partial charge in [0, 0.05) is 28.8 Å². The molecule has 172 valence electrons. The molecule has 0 saturated carbocycles. The van der Waals surface area contributed by atoms with Crippen molar-refractivity contribution in [1.82, 2.24) is 0 Å². The Balaban J connectivity index is 1.87. The number of nitrogens with two attached hydrogens (primary N) is 1. The third-order valence-electron chi connectivity index (χ3n) is 6.71. The van der Waals surface area contributed by atoms with Crippen molar-refractivity contribution in [2.24, 2.45) is 16.1 Å². The van der Waals surface area contributed by atoms with Gasteiger partial charge in [-0.25, -0.2) is 4.99 Å². The first kappa shape index (κ1) is 21.8. The van der Waals surface area contributed by atoms with Crippen molar-refractivity contribution in [1.29, 1.82) is 5.26 Å². The first-order valence-corrected chi connectivity index (χ1v) is 11.2. The van der Waals surface area contributed by atoms with Crippen molar-refractivity contribution in [2.75, 3.05) is 19.1 Å². The van der Waals surface area contributed by atoms with Crippen LogP contribution in [0.15, 0.2) is 70.1 Å². The standard InChI is InChI=1S/C27H26N4O3/c1-27(2)12-19-23(20(32)13-27)22(16-9-7-11-21(33-3)24(16)34-4)17(14-28)26-30-25(29)15-8-5-6-10-18(15)31(19)26/h5-11,22H,12-13H2,1-4H3,(H2,29,30). The number of ketones is 1. The second-order valence-electron chi connectivity index (χ2n) is 9.52. The molecule has 5 rings (SSSR count). The van der Waals surface area contributed by atoms with Gasteiger partial charge in [0.15, 0.2) is 23.1 Å². The number of carbonyl (C=O) groups excluding carboxylic acids is 1. The van der Waals surface area contributed by atoms with Crippen LogP contribution < -0.4 is 20.1 Å². The molecule has 0 fully saturated rings. The lowest BCUT2D eigenvalue weighted by Gasteiger charge is -2.45. The Morgan fingerprint density at radius 2 is 1.88 bits per heavy atom. The molecule has 2 heterocycles. The summed E-state index contributed by atoms with van der Waals surface area (Å²) in [4.78, 5) is 20.4. The number of hydrogen-bond donors (Lipinski definition) is 1. The molecule has 34 heavy (non-hydrogen) atoms. The van der Waals surface area contributed by atoms with Crippen LogP contribution in [0.3, 0.4) is 0 Å². The van der Waals surface area contributed by atoms with Crippen LogP contribution in [0.1, 0.15) is 43.7 Å². The zero-order valence-electron chi connectivity index (χ0n) is 19.7. The molecule has 0 bridgehead atoms. The lowest BCUT2D eigenvalue weighted by Crippen LogP contribution is -2.42. The zero-order valence-corrected chi connectivity index (χ0v) is 19.7. The number of hydrogen-bond acceptors (Lipinski definition) is 7. The predicted molar refractivity (Wildman–Crippen MR) is 130 cm³/mol. The predicted octanol–water partition coefficient (Wildman–Crippen LogP) is 4.40. The molecular weight excluding hydrogens is 428 g/mol. The zero-order chi connectivity index (χ0) is 24.2. The molecule has 1 atom stereocenters. The molecule has 0 amide bonds. The van der Waals surface area contributed by atoms with Gasteiger partial charge >= 0.3 is 0 Å². The maximum absolute atomic E-state index is 13.7. The van der Waals surface area contributed by atoms with Gasteiger partial charge < -0.3 is 15.2 Å². The van der Waals surface area contributed by atoms with Crippen LogP contribution in [-0.4, -0.2) is 25.8 Å². The highest BCUT2D eigenvalue weighted by Crippen LogP contribution is 2.54. The largest absolute Gasteiger partial charge is 0.493 e. The van der Waals surface area contributed by atoms with E-state index < -0.39 is 5.92 Å². The van der Waals surface area contributed by atoms with Crippen LogP contribution in [0, 0.1) is 16.7 Å². The number of nitriles is 1. The molecule has 1 unspecified atom stereocenters. The summed E-state index contributed by atoms with van der Waals surface area (Å²) in [6.07, 6.45) is 1.05. The summed E-state index contributed by atoms with van der Waals surface area (Å²) < 4.78 is 11.2. The number of ether oxygens (including phenoxy) is 2. The lowest BCUT2D eigenvalue weighted by atomic mass is 9.68. The molecule has 2 N–H and O–H groups in total. The van der Waals surface area contributed by atoms with Crippen LogP contribution in [-0.2, 0) is 4.79 Å². The summed E-state index contributed by atoms with van der Waals surface area (Å²) in [7, 11) is 3.12. The molecule has 0 saturated heterocycles. The first-order valence-electron chi connectivity index (χ1n) is 11.2. The maximum Gasteiger partial charge on any atom is 0.164 e. The number of benzene rings is 2. The molecule has 1 aliphatic carbocycles. The summed E-state index contributed by atoms with van der Waals surface area (Å²) in [5, 5.41) is 10.4. The summed E-state index contributed by atoms with van der Waals surface area (Å²) in [5.41, 5.74) is 10.2. The minimum absolute atomic E-state index is 0.0212. The molecule has 2 aromatic carbocycles. The van der Waals surface area contributed by atoms with E-state index in [0.29, 0.717) is 52.7 Å². The number of fused-ring (bicyclic) bond motifs is 4. The summed E-state index contributed by atoms with van der Waals surface area (Å²) in [5.74, 6) is 1.21. The molecule has 7 heteroatoms. The van der Waals surface area contributed by atoms with Crippen molar-refractivity contribution >= 4 is 17.3 Å². The van der Waals surface area contributed by atoms with Gasteiger partial charge in [0.25, 0.3) is 0 Å². The van der Waals surface area contributed by atoms with Gasteiger partial charge in [-0.2, -0.15) is 5.26 Å².